The number of methoxy groups -OCH3 is 1. The normalized spacial score (nSPS) is 26.4. The third-order valence-corrected chi connectivity index (χ3v) is 3.57. The smallest absolute Gasteiger partial charge is 0.0477 e. The quantitative estimate of drug-likeness (QED) is 0.659. The van der Waals surface area contributed by atoms with Gasteiger partial charge >= 0.3 is 0 Å². The van der Waals surface area contributed by atoms with Crippen LogP contribution in [-0.4, -0.2) is 43.6 Å². The highest BCUT2D eigenvalue weighted by molar-refractivity contribution is 6.18. The fourth-order valence-corrected chi connectivity index (χ4v) is 2.35. The van der Waals surface area contributed by atoms with E-state index >= 15 is 0 Å². The third-order valence-electron chi connectivity index (χ3n) is 3.13. The molecule has 2 atom stereocenters. The molecule has 14 heavy (non-hydrogen) atoms. The van der Waals surface area contributed by atoms with Crippen LogP contribution >= 0.6 is 11.6 Å². The summed E-state index contributed by atoms with van der Waals surface area (Å²) in [7, 11) is 1.77. The molecule has 0 spiro atoms. The van der Waals surface area contributed by atoms with Gasteiger partial charge in [-0.1, -0.05) is 0 Å². The van der Waals surface area contributed by atoms with Gasteiger partial charge in [0.05, 0.1) is 0 Å². The van der Waals surface area contributed by atoms with Crippen molar-refractivity contribution < 1.29 is 4.74 Å². The van der Waals surface area contributed by atoms with Crippen LogP contribution in [0, 0.1) is 5.92 Å². The molecule has 2 unspecified atom stereocenters. The number of ether oxygens (including phenoxy) is 1. The van der Waals surface area contributed by atoms with Crippen LogP contribution in [0.2, 0.25) is 0 Å². The lowest BCUT2D eigenvalue weighted by Crippen LogP contribution is -2.42. The maximum absolute atomic E-state index is 5.90. The predicted molar refractivity (Wildman–Crippen MR) is 61.0 cm³/mol. The molecule has 84 valence electrons. The Labute approximate surface area is 92.6 Å². The number of piperidine rings is 1. The number of rotatable bonds is 5. The van der Waals surface area contributed by atoms with E-state index in [2.05, 4.69) is 11.8 Å². The first-order valence-electron chi connectivity index (χ1n) is 5.57. The Morgan fingerprint density at radius 2 is 2.36 bits per heavy atom. The van der Waals surface area contributed by atoms with Gasteiger partial charge in [0.1, 0.15) is 0 Å². The zero-order valence-electron chi connectivity index (χ0n) is 9.34. The fraction of sp³-hybridized carbons (Fsp3) is 1.00. The Morgan fingerprint density at radius 1 is 1.57 bits per heavy atom. The first-order valence-corrected chi connectivity index (χ1v) is 6.10. The Morgan fingerprint density at radius 3 is 3.00 bits per heavy atom. The van der Waals surface area contributed by atoms with Gasteiger partial charge < -0.3 is 9.64 Å². The molecule has 0 aliphatic carbocycles. The van der Waals surface area contributed by atoms with Crippen LogP contribution in [0.1, 0.15) is 26.2 Å². The highest BCUT2D eigenvalue weighted by Gasteiger charge is 2.22. The minimum Gasteiger partial charge on any atom is -0.385 e. The lowest BCUT2D eigenvalue weighted by atomic mass is 9.98. The highest BCUT2D eigenvalue weighted by atomic mass is 35.5. The molecule has 2 nitrogen and oxygen atoms in total. The predicted octanol–water partition coefficient (Wildman–Crippen LogP) is 2.36. The van der Waals surface area contributed by atoms with Crippen molar-refractivity contribution in [3.63, 3.8) is 0 Å². The van der Waals surface area contributed by atoms with E-state index in [1.165, 1.54) is 25.9 Å². The van der Waals surface area contributed by atoms with Gasteiger partial charge in [0.2, 0.25) is 0 Å². The van der Waals surface area contributed by atoms with Crippen LogP contribution in [0.15, 0.2) is 0 Å². The highest BCUT2D eigenvalue weighted by Crippen LogP contribution is 2.20. The van der Waals surface area contributed by atoms with E-state index in [4.69, 9.17) is 16.3 Å². The van der Waals surface area contributed by atoms with Crippen molar-refractivity contribution in [2.24, 2.45) is 5.92 Å². The van der Waals surface area contributed by atoms with Gasteiger partial charge in [0.15, 0.2) is 0 Å². The second-order valence-electron chi connectivity index (χ2n) is 4.29. The molecule has 3 heteroatoms. The van der Waals surface area contributed by atoms with Crippen LogP contribution in [-0.2, 0) is 4.74 Å². The van der Waals surface area contributed by atoms with E-state index < -0.39 is 0 Å². The number of hydrogen-bond acceptors (Lipinski definition) is 2. The molecule has 1 aliphatic heterocycles. The van der Waals surface area contributed by atoms with Crippen molar-refractivity contribution >= 4 is 11.6 Å². The molecule has 0 aromatic rings. The van der Waals surface area contributed by atoms with Gasteiger partial charge in [-0.3, -0.25) is 0 Å². The lowest BCUT2D eigenvalue weighted by molar-refractivity contribution is 0.105. The molecular formula is C11H22ClNO. The topological polar surface area (TPSA) is 12.5 Å². The summed E-state index contributed by atoms with van der Waals surface area (Å²) in [6.07, 6.45) is 3.73. The number of hydrogen-bond donors (Lipinski definition) is 0. The van der Waals surface area contributed by atoms with Gasteiger partial charge in [-0.05, 0) is 38.6 Å². The lowest BCUT2D eigenvalue weighted by Gasteiger charge is -2.36. The zero-order valence-corrected chi connectivity index (χ0v) is 10.1. The van der Waals surface area contributed by atoms with Crippen molar-refractivity contribution in [3.8, 4) is 0 Å². The molecule has 0 saturated carbocycles. The van der Waals surface area contributed by atoms with Crippen molar-refractivity contribution in [2.45, 2.75) is 32.2 Å². The number of nitrogens with zero attached hydrogens (tertiary/aromatic N) is 1. The van der Waals surface area contributed by atoms with Gasteiger partial charge in [-0.15, -0.1) is 11.6 Å². The molecule has 0 bridgehead atoms. The van der Waals surface area contributed by atoms with Crippen molar-refractivity contribution in [2.75, 3.05) is 32.7 Å². The summed E-state index contributed by atoms with van der Waals surface area (Å²) in [5.41, 5.74) is 0. The summed E-state index contributed by atoms with van der Waals surface area (Å²) in [4.78, 5) is 2.55. The summed E-state index contributed by atoms with van der Waals surface area (Å²) in [5.74, 6) is 1.52. The second-order valence-corrected chi connectivity index (χ2v) is 4.60. The Hall–Kier alpha value is 0.210. The Kier molecular flexibility index (Phi) is 5.83. The van der Waals surface area contributed by atoms with Crippen LogP contribution in [0.25, 0.3) is 0 Å². The first-order chi connectivity index (χ1) is 6.77. The Bertz CT molecular complexity index is 154. The maximum Gasteiger partial charge on any atom is 0.0477 e. The van der Waals surface area contributed by atoms with Gasteiger partial charge in [0.25, 0.3) is 0 Å². The average Bonchev–Trinajstić information content (AvgIpc) is 2.26. The Balaban J connectivity index is 2.27. The minimum absolute atomic E-state index is 0.640. The molecule has 1 fully saturated rings. The standard InChI is InChI=1S/C11H22ClNO/c1-10(5-7-14-2)13-6-3-4-11(8-12)9-13/h10-11H,3-9H2,1-2H3. The monoisotopic (exact) mass is 219 g/mol. The summed E-state index contributed by atoms with van der Waals surface area (Å²) >= 11 is 5.90. The molecule has 0 aromatic carbocycles. The number of halogens is 1. The van der Waals surface area contributed by atoms with Crippen LogP contribution in [0.4, 0.5) is 0 Å². The van der Waals surface area contributed by atoms with Crippen LogP contribution in [0.3, 0.4) is 0 Å². The SMILES string of the molecule is COCCC(C)N1CCCC(CCl)C1. The van der Waals surface area contributed by atoms with E-state index in [9.17, 15) is 0 Å². The molecule has 1 rings (SSSR count). The van der Waals surface area contributed by atoms with Gasteiger partial charge in [-0.2, -0.15) is 0 Å². The zero-order chi connectivity index (χ0) is 10.4. The van der Waals surface area contributed by atoms with Crippen LogP contribution < -0.4 is 0 Å². The molecule has 1 aliphatic rings. The average molecular weight is 220 g/mol. The molecular weight excluding hydrogens is 198 g/mol. The minimum atomic E-state index is 0.640. The summed E-state index contributed by atoms with van der Waals surface area (Å²) in [6.45, 7) is 5.56. The van der Waals surface area contributed by atoms with E-state index in [1.807, 2.05) is 0 Å². The van der Waals surface area contributed by atoms with Crippen molar-refractivity contribution in [3.05, 3.63) is 0 Å². The van der Waals surface area contributed by atoms with Crippen molar-refractivity contribution in [1.29, 1.82) is 0 Å². The number of likely N-dealkylation sites (tertiary alicyclic amines) is 1. The summed E-state index contributed by atoms with van der Waals surface area (Å²) in [6, 6.07) is 0.640. The molecule has 1 saturated heterocycles. The summed E-state index contributed by atoms with van der Waals surface area (Å²) < 4.78 is 5.10. The molecule has 0 N–H and O–H groups in total. The molecule has 0 amide bonds. The van der Waals surface area contributed by atoms with Crippen LogP contribution in [0.5, 0.6) is 0 Å². The van der Waals surface area contributed by atoms with E-state index in [0.29, 0.717) is 12.0 Å². The van der Waals surface area contributed by atoms with Gasteiger partial charge in [0, 0.05) is 32.2 Å². The largest absolute Gasteiger partial charge is 0.385 e. The van der Waals surface area contributed by atoms with E-state index in [-0.39, 0.29) is 0 Å². The maximum atomic E-state index is 5.90. The first kappa shape index (κ1) is 12.3. The van der Waals surface area contributed by atoms with Crippen molar-refractivity contribution in [1.82, 2.24) is 4.90 Å². The molecule has 0 radical (unpaired) electrons. The fourth-order valence-electron chi connectivity index (χ4n) is 2.09. The number of alkyl halides is 1. The van der Waals surface area contributed by atoms with Gasteiger partial charge in [-0.25, -0.2) is 0 Å². The van der Waals surface area contributed by atoms with E-state index in [1.54, 1.807) is 7.11 Å². The second kappa shape index (κ2) is 6.65. The molecule has 0 aromatic heterocycles. The third kappa shape index (κ3) is 3.76. The van der Waals surface area contributed by atoms with E-state index in [0.717, 1.165) is 18.9 Å². The summed E-state index contributed by atoms with van der Waals surface area (Å²) in [5, 5.41) is 0. The molecule has 1 heterocycles.